The van der Waals surface area contributed by atoms with Crippen LogP contribution < -0.4 is 15.2 Å². The van der Waals surface area contributed by atoms with E-state index < -0.39 is 5.82 Å². The van der Waals surface area contributed by atoms with E-state index in [2.05, 4.69) is 19.9 Å². The molecule has 2 aromatic carbocycles. The Morgan fingerprint density at radius 1 is 0.974 bits per heavy atom. The number of anilines is 1. The topological polar surface area (TPSA) is 104 Å². The lowest BCUT2D eigenvalue weighted by Crippen LogP contribution is -2.24. The number of ether oxygens (including phenoxy) is 2. The summed E-state index contributed by atoms with van der Waals surface area (Å²) in [6.45, 7) is 6.12. The number of fused-ring (bicyclic) bond motifs is 1. The minimum atomic E-state index is -0.443. The van der Waals surface area contributed by atoms with Gasteiger partial charge >= 0.3 is 0 Å². The molecule has 0 radical (unpaired) electrons. The highest BCUT2D eigenvalue weighted by Crippen LogP contribution is 2.33. The van der Waals surface area contributed by atoms with E-state index in [-0.39, 0.29) is 0 Å². The van der Waals surface area contributed by atoms with Gasteiger partial charge in [-0.2, -0.15) is 5.10 Å². The van der Waals surface area contributed by atoms with Crippen LogP contribution in [0.3, 0.4) is 0 Å². The summed E-state index contributed by atoms with van der Waals surface area (Å²) in [6.07, 6.45) is 5.72. The molecule has 0 aliphatic carbocycles. The zero-order chi connectivity index (χ0) is 26.8. The number of halogens is 1. The maximum absolute atomic E-state index is 14.3. The van der Waals surface area contributed by atoms with Crippen LogP contribution in [0.15, 0.2) is 55.0 Å². The third kappa shape index (κ3) is 5.69. The van der Waals surface area contributed by atoms with E-state index >= 15 is 0 Å². The first kappa shape index (κ1) is 25.2. The Morgan fingerprint density at radius 2 is 1.77 bits per heavy atom. The van der Waals surface area contributed by atoms with Crippen LogP contribution in [0.25, 0.3) is 22.3 Å². The van der Waals surface area contributed by atoms with Gasteiger partial charge in [0, 0.05) is 36.5 Å². The van der Waals surface area contributed by atoms with Gasteiger partial charge in [-0.15, -0.1) is 11.3 Å². The molecule has 4 heterocycles. The fourth-order valence-corrected chi connectivity index (χ4v) is 5.46. The average Bonchev–Trinajstić information content (AvgIpc) is 3.67. The number of nitrogens with zero attached hydrogens (tertiary/aromatic N) is 6. The monoisotopic (exact) mass is 545 g/mol. The van der Waals surface area contributed by atoms with Crippen molar-refractivity contribution >= 4 is 28.2 Å². The van der Waals surface area contributed by atoms with Crippen LogP contribution in [0, 0.1) is 12.7 Å². The summed E-state index contributed by atoms with van der Waals surface area (Å²) >= 11 is 1.54. The van der Waals surface area contributed by atoms with Gasteiger partial charge in [-0.3, -0.25) is 0 Å². The van der Waals surface area contributed by atoms with E-state index in [0.717, 1.165) is 58.4 Å². The van der Waals surface area contributed by atoms with Gasteiger partial charge < -0.3 is 20.1 Å². The van der Waals surface area contributed by atoms with Crippen molar-refractivity contribution in [2.45, 2.75) is 32.9 Å². The second-order valence-corrected chi connectivity index (χ2v) is 10.8. The van der Waals surface area contributed by atoms with Crippen LogP contribution >= 0.6 is 11.3 Å². The van der Waals surface area contributed by atoms with Crippen molar-refractivity contribution in [3.63, 3.8) is 0 Å². The number of rotatable bonds is 9. The van der Waals surface area contributed by atoms with E-state index in [0.29, 0.717) is 29.7 Å². The minimum Gasteiger partial charge on any atom is -0.488 e. The molecule has 11 heteroatoms. The SMILES string of the molecule is Cc1ncc(COc2cc(F)cc(Oc3ccc(-c4nn(CCN5CCCC5)c5ncnc(N)c45)cc3)c2)s1. The number of nitrogen functional groups attached to an aromatic ring is 1. The van der Waals surface area contributed by atoms with Gasteiger partial charge in [0.2, 0.25) is 0 Å². The van der Waals surface area contributed by atoms with E-state index in [9.17, 15) is 4.39 Å². The molecule has 1 fully saturated rings. The Balaban J connectivity index is 1.20. The average molecular weight is 546 g/mol. The Bertz CT molecular complexity index is 1600. The lowest BCUT2D eigenvalue weighted by Gasteiger charge is -2.14. The molecular weight excluding hydrogens is 517 g/mol. The molecule has 5 aromatic rings. The minimum absolute atomic E-state index is 0.314. The van der Waals surface area contributed by atoms with Crippen LogP contribution in [-0.2, 0) is 13.2 Å². The van der Waals surface area contributed by atoms with Crippen molar-refractivity contribution in [1.29, 1.82) is 0 Å². The van der Waals surface area contributed by atoms with Gasteiger partial charge in [-0.1, -0.05) is 0 Å². The molecule has 1 aliphatic heterocycles. The Hall–Kier alpha value is -4.09. The summed E-state index contributed by atoms with van der Waals surface area (Å²) in [6, 6.07) is 11.8. The zero-order valence-electron chi connectivity index (χ0n) is 21.5. The first-order valence-electron chi connectivity index (χ1n) is 12.8. The third-order valence-corrected chi connectivity index (χ3v) is 7.53. The summed E-state index contributed by atoms with van der Waals surface area (Å²) in [7, 11) is 0. The van der Waals surface area contributed by atoms with E-state index in [4.69, 9.17) is 20.3 Å². The molecule has 2 N–H and O–H groups in total. The number of aromatic nitrogens is 5. The molecule has 9 nitrogen and oxygen atoms in total. The van der Waals surface area contributed by atoms with E-state index in [1.807, 2.05) is 35.9 Å². The first-order valence-corrected chi connectivity index (χ1v) is 13.7. The highest BCUT2D eigenvalue weighted by molar-refractivity contribution is 7.11. The highest BCUT2D eigenvalue weighted by Gasteiger charge is 2.19. The standard InChI is InChI=1S/C28H28FN7O2S/c1-18-31-15-24(39-18)16-37-22-12-20(29)13-23(14-22)38-21-6-4-19(5-7-21)26-25-27(30)32-17-33-28(25)36(34-26)11-10-35-8-2-3-9-35/h4-7,12-15,17H,2-3,8-11,16H2,1H3,(H2,30,32,33). The summed E-state index contributed by atoms with van der Waals surface area (Å²) in [5.74, 6) is 1.22. The quantitative estimate of drug-likeness (QED) is 0.261. The summed E-state index contributed by atoms with van der Waals surface area (Å²) in [5, 5.41) is 6.55. The van der Waals surface area contributed by atoms with Gasteiger partial charge in [-0.05, 0) is 57.1 Å². The normalized spacial score (nSPS) is 13.8. The Labute approximate surface area is 229 Å². The molecule has 0 saturated carbocycles. The molecule has 0 spiro atoms. The van der Waals surface area contributed by atoms with Crippen LogP contribution in [0.5, 0.6) is 17.2 Å². The molecule has 0 amide bonds. The highest BCUT2D eigenvalue weighted by atomic mass is 32.1. The largest absolute Gasteiger partial charge is 0.488 e. The number of hydrogen-bond acceptors (Lipinski definition) is 9. The molecule has 39 heavy (non-hydrogen) atoms. The number of hydrogen-bond donors (Lipinski definition) is 1. The van der Waals surface area contributed by atoms with Gasteiger partial charge in [-0.25, -0.2) is 24.0 Å². The number of thiazole rings is 1. The van der Waals surface area contributed by atoms with Crippen molar-refractivity contribution in [3.05, 3.63) is 70.7 Å². The fraction of sp³-hybridized carbons (Fsp3) is 0.286. The molecule has 3 aromatic heterocycles. The van der Waals surface area contributed by atoms with Gasteiger partial charge in [0.15, 0.2) is 5.65 Å². The smallest absolute Gasteiger partial charge is 0.164 e. The first-order chi connectivity index (χ1) is 19.0. The lowest BCUT2D eigenvalue weighted by molar-refractivity contribution is 0.306. The summed E-state index contributed by atoms with van der Waals surface area (Å²) in [5.41, 5.74) is 8.56. The van der Waals surface area contributed by atoms with E-state index in [1.165, 1.54) is 31.3 Å². The molecule has 0 atom stereocenters. The third-order valence-electron chi connectivity index (χ3n) is 6.64. The fourth-order valence-electron chi connectivity index (χ4n) is 4.75. The van der Waals surface area contributed by atoms with Crippen LogP contribution in [0.4, 0.5) is 10.2 Å². The maximum atomic E-state index is 14.3. The zero-order valence-corrected chi connectivity index (χ0v) is 22.3. The van der Waals surface area contributed by atoms with Gasteiger partial charge in [0.1, 0.15) is 47.5 Å². The predicted octanol–water partition coefficient (Wildman–Crippen LogP) is 5.45. The van der Waals surface area contributed by atoms with E-state index in [1.54, 1.807) is 23.6 Å². The van der Waals surface area contributed by atoms with Crippen molar-refractivity contribution in [2.75, 3.05) is 25.4 Å². The molecule has 0 bridgehead atoms. The molecule has 200 valence electrons. The Kier molecular flexibility index (Phi) is 7.08. The second kappa shape index (κ2) is 11.0. The van der Waals surface area contributed by atoms with Gasteiger partial charge in [0.05, 0.1) is 21.8 Å². The molecule has 0 unspecified atom stereocenters. The van der Waals surface area contributed by atoms with Crippen molar-refractivity contribution in [3.8, 4) is 28.5 Å². The maximum Gasteiger partial charge on any atom is 0.164 e. The predicted molar refractivity (Wildman–Crippen MR) is 149 cm³/mol. The summed E-state index contributed by atoms with van der Waals surface area (Å²) < 4.78 is 27.9. The lowest BCUT2D eigenvalue weighted by atomic mass is 10.1. The van der Waals surface area contributed by atoms with Crippen LogP contribution in [0.2, 0.25) is 0 Å². The number of benzene rings is 2. The number of nitrogens with two attached hydrogens (primary N) is 1. The molecule has 1 saturated heterocycles. The van der Waals surface area contributed by atoms with Crippen molar-refractivity contribution in [2.24, 2.45) is 0 Å². The molecule has 6 rings (SSSR count). The number of aryl methyl sites for hydroxylation is 1. The van der Waals surface area contributed by atoms with Gasteiger partial charge in [0.25, 0.3) is 0 Å². The Morgan fingerprint density at radius 3 is 2.54 bits per heavy atom. The van der Waals surface area contributed by atoms with Crippen molar-refractivity contribution < 1.29 is 13.9 Å². The number of likely N-dealkylation sites (tertiary alicyclic amines) is 1. The summed E-state index contributed by atoms with van der Waals surface area (Å²) in [4.78, 5) is 16.3. The molecular formula is C28H28FN7O2S. The second-order valence-electron chi connectivity index (χ2n) is 9.46. The van der Waals surface area contributed by atoms with Crippen molar-refractivity contribution in [1.82, 2.24) is 29.6 Å². The van der Waals surface area contributed by atoms with Crippen LogP contribution in [-0.4, -0.2) is 49.3 Å². The van der Waals surface area contributed by atoms with Crippen LogP contribution in [0.1, 0.15) is 22.7 Å². The molecule has 1 aliphatic rings.